The van der Waals surface area contributed by atoms with Crippen molar-refractivity contribution in [1.82, 2.24) is 9.80 Å². The third-order valence-corrected chi connectivity index (χ3v) is 3.63. The number of hydrogen-bond donors (Lipinski definition) is 1. The molecule has 19 heavy (non-hydrogen) atoms. The SMILES string of the molecule is CN1CCN(C)C(CNc2cccc(F)c2C#N)C1. The Morgan fingerprint density at radius 2 is 2.21 bits per heavy atom. The molecule has 4 nitrogen and oxygen atoms in total. The highest BCUT2D eigenvalue weighted by Crippen LogP contribution is 2.18. The van der Waals surface area contributed by atoms with Crippen LogP contribution in [0.3, 0.4) is 0 Å². The third-order valence-electron chi connectivity index (χ3n) is 3.63. The maximum absolute atomic E-state index is 13.5. The largest absolute Gasteiger partial charge is 0.382 e. The molecule has 0 saturated carbocycles. The summed E-state index contributed by atoms with van der Waals surface area (Å²) in [7, 11) is 4.19. The Kier molecular flexibility index (Phi) is 4.35. The predicted octanol–water partition coefficient (Wildman–Crippen LogP) is 1.36. The summed E-state index contributed by atoms with van der Waals surface area (Å²) in [5, 5.41) is 12.2. The maximum atomic E-state index is 13.5. The highest BCUT2D eigenvalue weighted by Gasteiger charge is 2.22. The molecule has 1 N–H and O–H groups in total. The van der Waals surface area contributed by atoms with Crippen molar-refractivity contribution in [3.63, 3.8) is 0 Å². The van der Waals surface area contributed by atoms with Crippen LogP contribution in [0.15, 0.2) is 18.2 Å². The number of halogens is 1. The molecule has 1 atom stereocenters. The summed E-state index contributed by atoms with van der Waals surface area (Å²) in [6.45, 7) is 3.77. The van der Waals surface area contributed by atoms with Crippen LogP contribution in [-0.2, 0) is 0 Å². The molecule has 1 heterocycles. The van der Waals surface area contributed by atoms with Gasteiger partial charge in [0.2, 0.25) is 0 Å². The first-order valence-electron chi connectivity index (χ1n) is 6.43. The van der Waals surface area contributed by atoms with Gasteiger partial charge in [0.25, 0.3) is 0 Å². The van der Waals surface area contributed by atoms with Crippen LogP contribution in [0.1, 0.15) is 5.56 Å². The molecule has 1 aliphatic heterocycles. The van der Waals surface area contributed by atoms with Crippen LogP contribution in [-0.4, -0.2) is 56.1 Å². The van der Waals surface area contributed by atoms with Crippen molar-refractivity contribution in [1.29, 1.82) is 5.26 Å². The fraction of sp³-hybridized carbons (Fsp3) is 0.500. The number of piperazine rings is 1. The molecule has 1 aromatic rings. The molecule has 0 aromatic heterocycles. The summed E-state index contributed by atoms with van der Waals surface area (Å²) in [4.78, 5) is 4.57. The molecule has 0 amide bonds. The van der Waals surface area contributed by atoms with Crippen LogP contribution in [0.4, 0.5) is 10.1 Å². The van der Waals surface area contributed by atoms with Gasteiger partial charge >= 0.3 is 0 Å². The lowest BCUT2D eigenvalue weighted by Crippen LogP contribution is -2.52. The van der Waals surface area contributed by atoms with Crippen molar-refractivity contribution in [2.45, 2.75) is 6.04 Å². The zero-order valence-electron chi connectivity index (χ0n) is 11.4. The first-order valence-corrected chi connectivity index (χ1v) is 6.43. The summed E-state index contributed by atoms with van der Waals surface area (Å²) < 4.78 is 13.5. The van der Waals surface area contributed by atoms with E-state index in [2.05, 4.69) is 29.2 Å². The van der Waals surface area contributed by atoms with Crippen molar-refractivity contribution in [3.8, 4) is 6.07 Å². The Labute approximate surface area is 113 Å². The zero-order chi connectivity index (χ0) is 13.8. The van der Waals surface area contributed by atoms with Crippen molar-refractivity contribution in [2.75, 3.05) is 45.6 Å². The van der Waals surface area contributed by atoms with E-state index in [1.807, 2.05) is 6.07 Å². The van der Waals surface area contributed by atoms with Gasteiger partial charge in [-0.1, -0.05) is 6.07 Å². The average molecular weight is 262 g/mol. The van der Waals surface area contributed by atoms with Crippen molar-refractivity contribution in [2.24, 2.45) is 0 Å². The Bertz CT molecular complexity index is 483. The van der Waals surface area contributed by atoms with E-state index in [1.165, 1.54) is 6.07 Å². The van der Waals surface area contributed by atoms with Crippen molar-refractivity contribution in [3.05, 3.63) is 29.6 Å². The number of nitriles is 1. The van der Waals surface area contributed by atoms with E-state index in [1.54, 1.807) is 12.1 Å². The molecule has 1 fully saturated rings. The van der Waals surface area contributed by atoms with E-state index in [0.717, 1.165) is 19.6 Å². The summed E-state index contributed by atoms with van der Waals surface area (Å²) >= 11 is 0. The minimum Gasteiger partial charge on any atom is -0.382 e. The molecule has 5 heteroatoms. The van der Waals surface area contributed by atoms with Gasteiger partial charge in [-0.3, -0.25) is 4.90 Å². The average Bonchev–Trinajstić information content (AvgIpc) is 2.40. The highest BCUT2D eigenvalue weighted by molar-refractivity contribution is 5.57. The molecule has 1 aliphatic rings. The van der Waals surface area contributed by atoms with Crippen LogP contribution in [0.5, 0.6) is 0 Å². The van der Waals surface area contributed by atoms with E-state index < -0.39 is 5.82 Å². The summed E-state index contributed by atoms with van der Waals surface area (Å²) in [5.41, 5.74) is 0.665. The smallest absolute Gasteiger partial charge is 0.143 e. The topological polar surface area (TPSA) is 42.3 Å². The van der Waals surface area contributed by atoms with E-state index in [4.69, 9.17) is 5.26 Å². The molecule has 0 radical (unpaired) electrons. The van der Waals surface area contributed by atoms with Gasteiger partial charge in [0.05, 0.1) is 5.69 Å². The van der Waals surface area contributed by atoms with Crippen LogP contribution < -0.4 is 5.32 Å². The maximum Gasteiger partial charge on any atom is 0.143 e. The molecule has 1 aromatic carbocycles. The molecule has 1 unspecified atom stereocenters. The molecular formula is C14H19FN4. The molecule has 0 bridgehead atoms. The number of benzene rings is 1. The van der Waals surface area contributed by atoms with Crippen molar-refractivity contribution >= 4 is 5.69 Å². The number of anilines is 1. The van der Waals surface area contributed by atoms with Crippen LogP contribution >= 0.6 is 0 Å². The molecule has 2 rings (SSSR count). The van der Waals surface area contributed by atoms with Gasteiger partial charge in [-0.2, -0.15) is 5.26 Å². The predicted molar refractivity (Wildman–Crippen MR) is 73.5 cm³/mol. The fourth-order valence-corrected chi connectivity index (χ4v) is 2.33. The Balaban J connectivity index is 2.03. The van der Waals surface area contributed by atoms with E-state index in [9.17, 15) is 4.39 Å². The van der Waals surface area contributed by atoms with Gasteiger partial charge in [0, 0.05) is 32.2 Å². The normalized spacial score (nSPS) is 21.1. The second-order valence-corrected chi connectivity index (χ2v) is 5.05. The lowest BCUT2D eigenvalue weighted by molar-refractivity contribution is 0.122. The first kappa shape index (κ1) is 13.8. The summed E-state index contributed by atoms with van der Waals surface area (Å²) in [6.07, 6.45) is 0. The van der Waals surface area contributed by atoms with Crippen LogP contribution in [0.25, 0.3) is 0 Å². The zero-order valence-corrected chi connectivity index (χ0v) is 11.4. The Morgan fingerprint density at radius 1 is 1.42 bits per heavy atom. The molecule has 102 valence electrons. The van der Waals surface area contributed by atoms with Gasteiger partial charge in [-0.25, -0.2) is 4.39 Å². The minimum atomic E-state index is -0.471. The van der Waals surface area contributed by atoms with Crippen LogP contribution in [0, 0.1) is 17.1 Å². The van der Waals surface area contributed by atoms with E-state index in [-0.39, 0.29) is 5.56 Å². The first-order chi connectivity index (χ1) is 9.11. The third kappa shape index (κ3) is 3.22. The molecule has 0 spiro atoms. The van der Waals surface area contributed by atoms with Gasteiger partial charge in [0.15, 0.2) is 0 Å². The fourth-order valence-electron chi connectivity index (χ4n) is 2.33. The molecule has 1 saturated heterocycles. The standard InChI is InChI=1S/C14H19FN4/c1-18-6-7-19(2)11(10-18)9-17-14-5-3-4-13(15)12(14)8-16/h3-5,11,17H,6-7,9-10H2,1-2H3. The molecular weight excluding hydrogens is 243 g/mol. The number of rotatable bonds is 3. The monoisotopic (exact) mass is 262 g/mol. The lowest BCUT2D eigenvalue weighted by atomic mass is 10.1. The number of nitrogens with one attached hydrogen (secondary N) is 1. The highest BCUT2D eigenvalue weighted by atomic mass is 19.1. The second-order valence-electron chi connectivity index (χ2n) is 5.05. The number of nitrogens with zero attached hydrogens (tertiary/aromatic N) is 3. The second kappa shape index (κ2) is 6.00. The van der Waals surface area contributed by atoms with Gasteiger partial charge in [0.1, 0.15) is 17.4 Å². The molecule has 0 aliphatic carbocycles. The Hall–Kier alpha value is -1.64. The van der Waals surface area contributed by atoms with Crippen LogP contribution in [0.2, 0.25) is 0 Å². The van der Waals surface area contributed by atoms with Gasteiger partial charge < -0.3 is 10.2 Å². The quantitative estimate of drug-likeness (QED) is 0.893. The van der Waals surface area contributed by atoms with E-state index >= 15 is 0 Å². The summed E-state index contributed by atoms with van der Waals surface area (Å²) in [6, 6.07) is 6.95. The van der Waals surface area contributed by atoms with Gasteiger partial charge in [-0.15, -0.1) is 0 Å². The Morgan fingerprint density at radius 3 is 2.95 bits per heavy atom. The van der Waals surface area contributed by atoms with E-state index in [0.29, 0.717) is 18.3 Å². The summed E-state index contributed by atoms with van der Waals surface area (Å²) in [5.74, 6) is -0.471. The van der Waals surface area contributed by atoms with Gasteiger partial charge in [-0.05, 0) is 26.2 Å². The lowest BCUT2D eigenvalue weighted by Gasteiger charge is -2.37. The minimum absolute atomic E-state index is 0.0920. The number of hydrogen-bond acceptors (Lipinski definition) is 4. The number of likely N-dealkylation sites (N-methyl/N-ethyl adjacent to an activating group) is 2. The van der Waals surface area contributed by atoms with Crippen molar-refractivity contribution < 1.29 is 4.39 Å².